The third kappa shape index (κ3) is 1.11. The number of aliphatic hydroxyl groups excluding tert-OH is 1. The summed E-state index contributed by atoms with van der Waals surface area (Å²) in [5.41, 5.74) is 3.95. The third-order valence-corrected chi connectivity index (χ3v) is 1.95. The molecule has 1 aliphatic heterocycles. The second-order valence-corrected chi connectivity index (χ2v) is 2.73. The van der Waals surface area contributed by atoms with Crippen LogP contribution in [0.5, 0.6) is 0 Å². The summed E-state index contributed by atoms with van der Waals surface area (Å²) in [5, 5.41) is 18.3. The monoisotopic (exact) mass is 174 g/mol. The number of hydrogen-bond acceptors (Lipinski definition) is 3. The zero-order valence-electron chi connectivity index (χ0n) is 6.86. The molecule has 2 heterocycles. The summed E-state index contributed by atoms with van der Waals surface area (Å²) in [6.45, 7) is 0.365. The molecule has 0 aliphatic carbocycles. The van der Waals surface area contributed by atoms with E-state index >= 15 is 0 Å². The molecule has 1 aliphatic rings. The van der Waals surface area contributed by atoms with Gasteiger partial charge < -0.3 is 5.11 Å². The molecule has 0 unspecified atom stereocenters. The molecule has 0 atom stereocenters. The van der Waals surface area contributed by atoms with E-state index in [0.717, 1.165) is 0 Å². The Labute approximate surface area is 75.3 Å². The van der Waals surface area contributed by atoms with Gasteiger partial charge in [-0.05, 0) is 6.07 Å². The van der Waals surface area contributed by atoms with Gasteiger partial charge in [-0.3, -0.25) is 0 Å². The smallest absolute Gasteiger partial charge is 0.277 e. The molecule has 1 aromatic rings. The molecule has 0 saturated carbocycles. The summed E-state index contributed by atoms with van der Waals surface area (Å²) < 4.78 is 1.69. The normalized spacial score (nSPS) is 14.4. The maximum Gasteiger partial charge on any atom is 0.277 e. The first-order valence-electron chi connectivity index (χ1n) is 3.90. The highest BCUT2D eigenvalue weighted by atomic mass is 16.3. The van der Waals surface area contributed by atoms with E-state index in [1.54, 1.807) is 16.9 Å². The number of hydrogen-bond donors (Lipinski definition) is 2. The topological polar surface area (TPSA) is 59.9 Å². The summed E-state index contributed by atoms with van der Waals surface area (Å²) in [6.07, 6.45) is 1.79. The van der Waals surface area contributed by atoms with E-state index in [2.05, 4.69) is 5.43 Å². The fourth-order valence-corrected chi connectivity index (χ4v) is 1.27. The van der Waals surface area contributed by atoms with Crippen LogP contribution in [0.4, 0.5) is 0 Å². The zero-order valence-corrected chi connectivity index (χ0v) is 6.86. The van der Waals surface area contributed by atoms with Crippen LogP contribution in [-0.4, -0.2) is 11.7 Å². The van der Waals surface area contributed by atoms with Crippen molar-refractivity contribution < 1.29 is 9.78 Å². The molecule has 0 saturated heterocycles. The van der Waals surface area contributed by atoms with Gasteiger partial charge in [0.15, 0.2) is 6.20 Å². The Morgan fingerprint density at radius 3 is 3.15 bits per heavy atom. The van der Waals surface area contributed by atoms with Crippen molar-refractivity contribution in [1.82, 2.24) is 0 Å². The lowest BCUT2D eigenvalue weighted by atomic mass is 10.1. The molecule has 4 nitrogen and oxygen atoms in total. The number of fused-ring (bicyclic) bond motifs is 1. The minimum Gasteiger partial charge on any atom is -0.501 e. The molecule has 0 radical (unpaired) electrons. The van der Waals surface area contributed by atoms with Gasteiger partial charge >= 0.3 is 0 Å². The van der Waals surface area contributed by atoms with E-state index in [1.165, 1.54) is 0 Å². The predicted octanol–water partition coefficient (Wildman–Crippen LogP) is 0.324. The first kappa shape index (κ1) is 7.62. The molecule has 13 heavy (non-hydrogen) atoms. The molecule has 0 aromatic carbocycles. The SMILES string of the molecule is N#CC1=C(O)c2cccc[n+]2NC1. The summed E-state index contributed by atoms with van der Waals surface area (Å²) in [5.74, 6) is 0.0573. The van der Waals surface area contributed by atoms with Gasteiger partial charge in [0, 0.05) is 12.1 Å². The molecule has 2 N–H and O–H groups in total. The largest absolute Gasteiger partial charge is 0.501 e. The van der Waals surface area contributed by atoms with Gasteiger partial charge in [0.25, 0.3) is 5.69 Å². The van der Waals surface area contributed by atoms with Gasteiger partial charge in [-0.2, -0.15) is 10.7 Å². The van der Waals surface area contributed by atoms with Gasteiger partial charge in [-0.15, -0.1) is 0 Å². The zero-order chi connectivity index (χ0) is 9.26. The van der Waals surface area contributed by atoms with Crippen LogP contribution >= 0.6 is 0 Å². The molecule has 0 bridgehead atoms. The number of aliphatic hydroxyl groups is 1. The van der Waals surface area contributed by atoms with Gasteiger partial charge in [0.2, 0.25) is 5.76 Å². The van der Waals surface area contributed by atoms with E-state index < -0.39 is 0 Å². The molecule has 0 amide bonds. The number of nitrogens with zero attached hydrogens (tertiary/aromatic N) is 2. The van der Waals surface area contributed by atoms with Gasteiger partial charge in [0.05, 0.1) is 0 Å². The molecule has 1 aromatic heterocycles. The van der Waals surface area contributed by atoms with Gasteiger partial charge in [-0.25, -0.2) is 0 Å². The Morgan fingerprint density at radius 2 is 2.38 bits per heavy atom. The van der Waals surface area contributed by atoms with E-state index in [4.69, 9.17) is 5.26 Å². The first-order chi connectivity index (χ1) is 6.33. The van der Waals surface area contributed by atoms with Crippen LogP contribution in [0.15, 0.2) is 30.0 Å². The number of pyridine rings is 1. The predicted molar refractivity (Wildman–Crippen MR) is 46.0 cm³/mol. The van der Waals surface area contributed by atoms with Crippen LogP contribution < -0.4 is 10.1 Å². The molecule has 64 valence electrons. The van der Waals surface area contributed by atoms with Crippen LogP contribution in [-0.2, 0) is 0 Å². The van der Waals surface area contributed by atoms with Crippen molar-refractivity contribution >= 4 is 5.76 Å². The van der Waals surface area contributed by atoms with Crippen LogP contribution in [0.25, 0.3) is 5.76 Å². The highest BCUT2D eigenvalue weighted by molar-refractivity contribution is 5.62. The maximum atomic E-state index is 9.62. The molecular formula is C9H8N3O+. The number of aromatic nitrogens is 1. The minimum atomic E-state index is 0.0573. The van der Waals surface area contributed by atoms with E-state index in [-0.39, 0.29) is 5.76 Å². The Morgan fingerprint density at radius 1 is 1.54 bits per heavy atom. The summed E-state index contributed by atoms with van der Waals surface area (Å²) in [4.78, 5) is 0. The lowest BCUT2D eigenvalue weighted by Gasteiger charge is -2.10. The van der Waals surface area contributed by atoms with Crippen molar-refractivity contribution in [3.8, 4) is 6.07 Å². The molecule has 4 heteroatoms. The fraction of sp³-hybridized carbons (Fsp3) is 0.111. The maximum absolute atomic E-state index is 9.62. The molecule has 0 spiro atoms. The second-order valence-electron chi connectivity index (χ2n) is 2.73. The number of rotatable bonds is 0. The fourth-order valence-electron chi connectivity index (χ4n) is 1.27. The Kier molecular flexibility index (Phi) is 1.64. The van der Waals surface area contributed by atoms with Crippen molar-refractivity contribution in [2.75, 3.05) is 12.0 Å². The average molecular weight is 174 g/mol. The highest BCUT2D eigenvalue weighted by Crippen LogP contribution is 2.13. The highest BCUT2D eigenvalue weighted by Gasteiger charge is 2.23. The van der Waals surface area contributed by atoms with Crippen molar-refractivity contribution in [1.29, 1.82) is 5.26 Å². The average Bonchev–Trinajstić information content (AvgIpc) is 2.19. The van der Waals surface area contributed by atoms with Crippen LogP contribution in [0.1, 0.15) is 5.69 Å². The van der Waals surface area contributed by atoms with Crippen molar-refractivity contribution in [2.24, 2.45) is 0 Å². The Hall–Kier alpha value is -2.02. The summed E-state index contributed by atoms with van der Waals surface area (Å²) in [7, 11) is 0. The molecule has 2 rings (SSSR count). The van der Waals surface area contributed by atoms with Crippen molar-refractivity contribution in [3.05, 3.63) is 35.7 Å². The Bertz CT molecular complexity index is 417. The third-order valence-electron chi connectivity index (χ3n) is 1.95. The Balaban J connectivity index is 2.60. The summed E-state index contributed by atoms with van der Waals surface area (Å²) in [6, 6.07) is 7.36. The lowest BCUT2D eigenvalue weighted by molar-refractivity contribution is -0.654. The molecule has 0 fully saturated rings. The summed E-state index contributed by atoms with van der Waals surface area (Å²) >= 11 is 0. The standard InChI is InChI=1S/C9H7N3O/c10-5-7-6-11-12-4-2-1-3-8(12)9(7)13/h1-4,11H,6H2/p+1. The van der Waals surface area contributed by atoms with E-state index in [9.17, 15) is 5.11 Å². The minimum absolute atomic E-state index is 0.0573. The van der Waals surface area contributed by atoms with E-state index in [0.29, 0.717) is 17.8 Å². The quantitative estimate of drug-likeness (QED) is 0.557. The first-order valence-corrected chi connectivity index (χ1v) is 3.90. The second kappa shape index (κ2) is 2.79. The van der Waals surface area contributed by atoms with Crippen LogP contribution in [0, 0.1) is 11.3 Å². The van der Waals surface area contributed by atoms with E-state index in [1.807, 2.05) is 18.2 Å². The lowest BCUT2D eigenvalue weighted by Crippen LogP contribution is -2.51. The molecular weight excluding hydrogens is 166 g/mol. The van der Waals surface area contributed by atoms with Crippen molar-refractivity contribution in [2.45, 2.75) is 0 Å². The number of nitriles is 1. The van der Waals surface area contributed by atoms with Gasteiger partial charge in [-0.1, -0.05) is 4.68 Å². The van der Waals surface area contributed by atoms with Crippen molar-refractivity contribution in [3.63, 3.8) is 0 Å². The number of nitrogens with one attached hydrogen (secondary N) is 1. The van der Waals surface area contributed by atoms with Crippen LogP contribution in [0.3, 0.4) is 0 Å². The van der Waals surface area contributed by atoms with Crippen LogP contribution in [0.2, 0.25) is 0 Å². The van der Waals surface area contributed by atoms with Gasteiger partial charge in [0.1, 0.15) is 18.2 Å².